The predicted octanol–water partition coefficient (Wildman–Crippen LogP) is 1.08. The lowest BCUT2D eigenvalue weighted by atomic mass is 10.1. The van der Waals surface area contributed by atoms with Crippen molar-refractivity contribution in [1.82, 2.24) is 14.8 Å². The zero-order chi connectivity index (χ0) is 22.6. The van der Waals surface area contributed by atoms with Crippen molar-refractivity contribution in [2.75, 3.05) is 26.2 Å². The molecule has 2 amide bonds. The first-order valence-corrected chi connectivity index (χ1v) is 9.81. The Morgan fingerprint density at radius 2 is 1.32 bits per heavy atom. The van der Waals surface area contributed by atoms with Gasteiger partial charge in [0.15, 0.2) is 0 Å². The molecule has 0 atom stereocenters. The van der Waals surface area contributed by atoms with Gasteiger partial charge in [-0.1, -0.05) is 36.4 Å². The van der Waals surface area contributed by atoms with E-state index in [1.807, 2.05) is 52.3 Å². The van der Waals surface area contributed by atoms with E-state index < -0.39 is 11.9 Å². The molecule has 0 saturated carbocycles. The monoisotopic (exact) mass is 427 g/mol. The fourth-order valence-electron chi connectivity index (χ4n) is 3.05. The maximum atomic E-state index is 12.4. The Balaban J connectivity index is 0.000000501. The maximum absolute atomic E-state index is 12.4. The number of aryl methyl sites for hydroxylation is 1. The van der Waals surface area contributed by atoms with Gasteiger partial charge in [-0.3, -0.25) is 14.6 Å². The number of pyridine rings is 1. The molecule has 3 rings (SSSR count). The van der Waals surface area contributed by atoms with Gasteiger partial charge in [-0.2, -0.15) is 0 Å². The summed E-state index contributed by atoms with van der Waals surface area (Å²) in [6, 6.07) is 13.8. The van der Waals surface area contributed by atoms with Crippen molar-refractivity contribution in [2.24, 2.45) is 0 Å². The van der Waals surface area contributed by atoms with Crippen molar-refractivity contribution >= 4 is 23.8 Å². The molecule has 2 aromatic rings. The molecule has 31 heavy (non-hydrogen) atoms. The number of carbonyl (C=O) groups excluding carboxylic acids is 2. The molecule has 0 bridgehead atoms. The highest BCUT2D eigenvalue weighted by atomic mass is 16.4. The Morgan fingerprint density at radius 1 is 0.774 bits per heavy atom. The van der Waals surface area contributed by atoms with Crippen molar-refractivity contribution in [3.8, 4) is 0 Å². The molecule has 164 valence electrons. The topological polar surface area (TPSA) is 128 Å². The van der Waals surface area contributed by atoms with Crippen molar-refractivity contribution in [3.63, 3.8) is 0 Å². The molecule has 1 aliphatic rings. The lowest BCUT2D eigenvalue weighted by Gasteiger charge is -2.35. The minimum atomic E-state index is -1.82. The number of carbonyl (C=O) groups is 4. The molecule has 9 heteroatoms. The van der Waals surface area contributed by atoms with Crippen molar-refractivity contribution < 1.29 is 29.4 Å². The lowest BCUT2D eigenvalue weighted by Crippen LogP contribution is -2.51. The molecular formula is C22H25N3O6. The summed E-state index contributed by atoms with van der Waals surface area (Å²) in [5, 5.41) is 14.8. The number of aromatic nitrogens is 1. The van der Waals surface area contributed by atoms with Crippen LogP contribution >= 0.6 is 0 Å². The van der Waals surface area contributed by atoms with Crippen LogP contribution in [0.1, 0.15) is 17.5 Å². The summed E-state index contributed by atoms with van der Waals surface area (Å²) >= 11 is 0. The number of rotatable bonds is 5. The molecular weight excluding hydrogens is 402 g/mol. The van der Waals surface area contributed by atoms with E-state index >= 15 is 0 Å². The fourth-order valence-corrected chi connectivity index (χ4v) is 3.05. The number of hydrogen-bond donors (Lipinski definition) is 2. The first kappa shape index (κ1) is 23.5. The van der Waals surface area contributed by atoms with E-state index in [0.29, 0.717) is 39.0 Å². The van der Waals surface area contributed by atoms with Crippen molar-refractivity contribution in [2.45, 2.75) is 19.3 Å². The van der Waals surface area contributed by atoms with Gasteiger partial charge >= 0.3 is 11.9 Å². The predicted molar refractivity (Wildman–Crippen MR) is 111 cm³/mol. The highest BCUT2D eigenvalue weighted by molar-refractivity contribution is 6.27. The Morgan fingerprint density at radius 3 is 1.84 bits per heavy atom. The number of hydrogen-bond acceptors (Lipinski definition) is 5. The molecule has 0 unspecified atom stereocenters. The Hall–Kier alpha value is -3.75. The van der Waals surface area contributed by atoms with E-state index in [9.17, 15) is 9.59 Å². The van der Waals surface area contributed by atoms with Gasteiger partial charge in [-0.05, 0) is 23.6 Å². The largest absolute Gasteiger partial charge is 0.473 e. The average Bonchev–Trinajstić information content (AvgIpc) is 2.79. The van der Waals surface area contributed by atoms with Crippen LogP contribution in [0, 0.1) is 0 Å². The Bertz CT molecular complexity index is 869. The van der Waals surface area contributed by atoms with Gasteiger partial charge in [0.1, 0.15) is 0 Å². The third-order valence-corrected chi connectivity index (χ3v) is 4.72. The van der Waals surface area contributed by atoms with Crippen LogP contribution in [0.2, 0.25) is 0 Å². The molecule has 1 fully saturated rings. The first-order chi connectivity index (χ1) is 14.9. The molecule has 0 aliphatic carbocycles. The number of piperazine rings is 1. The highest BCUT2D eigenvalue weighted by Crippen LogP contribution is 2.09. The smallest absolute Gasteiger partial charge is 0.414 e. The third-order valence-electron chi connectivity index (χ3n) is 4.72. The number of nitrogens with zero attached hydrogens (tertiary/aromatic N) is 3. The second kappa shape index (κ2) is 12.1. The number of amides is 2. The minimum absolute atomic E-state index is 0.101. The second-order valence-corrected chi connectivity index (χ2v) is 6.90. The van der Waals surface area contributed by atoms with Gasteiger partial charge in [0.25, 0.3) is 0 Å². The zero-order valence-corrected chi connectivity index (χ0v) is 17.0. The van der Waals surface area contributed by atoms with E-state index in [-0.39, 0.29) is 11.8 Å². The summed E-state index contributed by atoms with van der Waals surface area (Å²) < 4.78 is 0. The summed E-state index contributed by atoms with van der Waals surface area (Å²) in [6.45, 7) is 2.45. The molecule has 1 saturated heterocycles. The van der Waals surface area contributed by atoms with Gasteiger partial charge in [0, 0.05) is 45.0 Å². The number of carboxylic acids is 2. The summed E-state index contributed by atoms with van der Waals surface area (Å²) in [7, 11) is 0. The highest BCUT2D eigenvalue weighted by Gasteiger charge is 2.23. The number of benzene rings is 1. The van der Waals surface area contributed by atoms with Gasteiger partial charge in [-0.15, -0.1) is 0 Å². The van der Waals surface area contributed by atoms with E-state index in [2.05, 4.69) is 4.98 Å². The molecule has 1 aromatic carbocycles. The Labute approximate surface area is 179 Å². The van der Waals surface area contributed by atoms with Crippen LogP contribution in [0.25, 0.3) is 0 Å². The van der Waals surface area contributed by atoms with E-state index in [4.69, 9.17) is 19.8 Å². The van der Waals surface area contributed by atoms with Crippen LogP contribution in [-0.2, 0) is 32.0 Å². The van der Waals surface area contributed by atoms with Gasteiger partial charge in [-0.25, -0.2) is 9.59 Å². The molecule has 1 aliphatic heterocycles. The standard InChI is InChI=1S/C20H23N3O2.C2H2O4/c24-19(9-8-17-5-2-1-3-6-17)22-11-13-23(14-12-22)20(25)15-18-7-4-10-21-16-18;3-1(4)2(5)6/h1-7,10,16H,8-9,11-15H2;(H,3,4)(H,5,6). The molecule has 2 heterocycles. The SMILES string of the molecule is O=C(CCc1ccccc1)N1CCN(C(=O)Cc2cccnc2)CC1.O=C(O)C(=O)O. The fraction of sp³-hybridized carbons (Fsp3) is 0.318. The lowest BCUT2D eigenvalue weighted by molar-refractivity contribution is -0.159. The van der Waals surface area contributed by atoms with Crippen LogP contribution in [0.3, 0.4) is 0 Å². The van der Waals surface area contributed by atoms with Crippen LogP contribution in [0.15, 0.2) is 54.9 Å². The van der Waals surface area contributed by atoms with Crippen molar-refractivity contribution in [1.29, 1.82) is 0 Å². The van der Waals surface area contributed by atoms with Gasteiger partial charge in [0.2, 0.25) is 11.8 Å². The van der Waals surface area contributed by atoms with Crippen LogP contribution < -0.4 is 0 Å². The van der Waals surface area contributed by atoms with Crippen LogP contribution in [0.4, 0.5) is 0 Å². The van der Waals surface area contributed by atoms with Crippen molar-refractivity contribution in [3.05, 3.63) is 66.0 Å². The summed E-state index contributed by atoms with van der Waals surface area (Å²) in [5.74, 6) is -3.38. The van der Waals surface area contributed by atoms with Gasteiger partial charge in [0.05, 0.1) is 6.42 Å². The number of aliphatic carboxylic acids is 2. The molecule has 0 radical (unpaired) electrons. The quantitative estimate of drug-likeness (QED) is 0.684. The summed E-state index contributed by atoms with van der Waals surface area (Å²) in [5.41, 5.74) is 2.11. The average molecular weight is 427 g/mol. The van der Waals surface area contributed by atoms with E-state index in [1.165, 1.54) is 5.56 Å². The molecule has 2 N–H and O–H groups in total. The first-order valence-electron chi connectivity index (χ1n) is 9.81. The Kier molecular flexibility index (Phi) is 9.15. The second-order valence-electron chi connectivity index (χ2n) is 6.90. The van der Waals surface area contributed by atoms with E-state index in [1.54, 1.807) is 12.4 Å². The van der Waals surface area contributed by atoms with Crippen LogP contribution in [-0.4, -0.2) is 74.9 Å². The molecule has 9 nitrogen and oxygen atoms in total. The van der Waals surface area contributed by atoms with Gasteiger partial charge < -0.3 is 20.0 Å². The molecule has 0 spiro atoms. The zero-order valence-electron chi connectivity index (χ0n) is 17.0. The summed E-state index contributed by atoms with van der Waals surface area (Å²) in [4.78, 5) is 50.7. The third kappa shape index (κ3) is 8.25. The van der Waals surface area contributed by atoms with Crippen LogP contribution in [0.5, 0.6) is 0 Å². The summed E-state index contributed by atoms with van der Waals surface area (Å²) in [6.07, 6.45) is 5.08. The normalized spacial score (nSPS) is 13.0. The molecule has 1 aromatic heterocycles. The maximum Gasteiger partial charge on any atom is 0.414 e. The number of carboxylic acid groups (broad SMARTS) is 2. The minimum Gasteiger partial charge on any atom is -0.473 e. The van der Waals surface area contributed by atoms with E-state index in [0.717, 1.165) is 12.0 Å².